The van der Waals surface area contributed by atoms with E-state index in [1.807, 2.05) is 0 Å². The van der Waals surface area contributed by atoms with Crippen LogP contribution in [0.5, 0.6) is 11.5 Å². The SMILES string of the molecule is Nc1cccc(C(=O)Oc2cc(OC(=O)c3cccc(N)c3)cc(-c3cc(=O)c4cc(C(F)(F)F)ccc4o3)c2)c1. The molecule has 0 aliphatic heterocycles. The van der Waals surface area contributed by atoms with Crippen LogP contribution in [-0.4, -0.2) is 11.9 Å². The summed E-state index contributed by atoms with van der Waals surface area (Å²) in [5, 5.41) is -0.277. The largest absolute Gasteiger partial charge is 0.456 e. The van der Waals surface area contributed by atoms with Crippen molar-refractivity contribution >= 4 is 34.3 Å². The highest BCUT2D eigenvalue weighted by atomic mass is 19.4. The van der Waals surface area contributed by atoms with Crippen LogP contribution in [0.25, 0.3) is 22.3 Å². The zero-order chi connectivity index (χ0) is 29.3. The maximum atomic E-state index is 13.1. The first kappa shape index (κ1) is 27.0. The van der Waals surface area contributed by atoms with E-state index in [1.165, 1.54) is 42.5 Å². The molecule has 206 valence electrons. The molecule has 0 atom stereocenters. The van der Waals surface area contributed by atoms with Gasteiger partial charge in [0.2, 0.25) is 0 Å². The predicted molar refractivity (Wildman–Crippen MR) is 145 cm³/mol. The second-order valence-electron chi connectivity index (χ2n) is 8.91. The molecule has 41 heavy (non-hydrogen) atoms. The van der Waals surface area contributed by atoms with Crippen molar-refractivity contribution in [1.82, 2.24) is 0 Å². The van der Waals surface area contributed by atoms with E-state index in [4.69, 9.17) is 25.4 Å². The second kappa shape index (κ2) is 10.5. The van der Waals surface area contributed by atoms with Crippen molar-refractivity contribution in [3.05, 3.63) is 118 Å². The van der Waals surface area contributed by atoms with Crippen LogP contribution in [0.15, 0.2) is 100 Å². The highest BCUT2D eigenvalue weighted by molar-refractivity contribution is 5.93. The van der Waals surface area contributed by atoms with Gasteiger partial charge in [-0.1, -0.05) is 12.1 Å². The number of alkyl halides is 3. The molecule has 4 aromatic carbocycles. The van der Waals surface area contributed by atoms with Gasteiger partial charge in [0.05, 0.1) is 22.1 Å². The number of esters is 2. The van der Waals surface area contributed by atoms with Gasteiger partial charge in [-0.25, -0.2) is 9.59 Å². The number of ether oxygens (including phenoxy) is 2. The minimum Gasteiger partial charge on any atom is -0.456 e. The third kappa shape index (κ3) is 6.04. The lowest BCUT2D eigenvalue weighted by Crippen LogP contribution is -2.11. The molecule has 0 unspecified atom stereocenters. The normalized spacial score (nSPS) is 11.3. The van der Waals surface area contributed by atoms with E-state index in [0.29, 0.717) is 17.4 Å². The summed E-state index contributed by atoms with van der Waals surface area (Å²) < 4.78 is 56.2. The van der Waals surface area contributed by atoms with E-state index >= 15 is 0 Å². The summed E-state index contributed by atoms with van der Waals surface area (Å²) in [7, 11) is 0. The first-order chi connectivity index (χ1) is 19.5. The third-order valence-electron chi connectivity index (χ3n) is 5.88. The molecular weight excluding hydrogens is 541 g/mol. The lowest BCUT2D eigenvalue weighted by atomic mass is 10.1. The number of carbonyl (C=O) groups excluding carboxylic acids is 2. The average molecular weight is 560 g/mol. The number of nitrogens with two attached hydrogens (primary N) is 2. The van der Waals surface area contributed by atoms with Crippen molar-refractivity contribution in [3.63, 3.8) is 0 Å². The van der Waals surface area contributed by atoms with E-state index < -0.39 is 29.1 Å². The summed E-state index contributed by atoms with van der Waals surface area (Å²) in [5.41, 5.74) is 10.7. The van der Waals surface area contributed by atoms with Gasteiger partial charge in [-0.15, -0.1) is 0 Å². The van der Waals surface area contributed by atoms with Crippen molar-refractivity contribution in [2.75, 3.05) is 11.5 Å². The van der Waals surface area contributed by atoms with Gasteiger partial charge in [-0.05, 0) is 66.7 Å². The lowest BCUT2D eigenvalue weighted by Gasteiger charge is -2.12. The Morgan fingerprint density at radius 2 is 1.27 bits per heavy atom. The van der Waals surface area contributed by atoms with Crippen LogP contribution in [0.1, 0.15) is 26.3 Å². The maximum absolute atomic E-state index is 13.1. The van der Waals surface area contributed by atoms with E-state index in [1.54, 1.807) is 24.3 Å². The molecule has 0 spiro atoms. The molecule has 0 saturated heterocycles. The monoisotopic (exact) mass is 560 g/mol. The highest BCUT2D eigenvalue weighted by Gasteiger charge is 2.31. The minimum absolute atomic E-state index is 0.0784. The highest BCUT2D eigenvalue weighted by Crippen LogP contribution is 2.34. The Morgan fingerprint density at radius 1 is 0.707 bits per heavy atom. The van der Waals surface area contributed by atoms with Crippen molar-refractivity contribution in [3.8, 4) is 22.8 Å². The third-order valence-corrected chi connectivity index (χ3v) is 5.88. The summed E-state index contributed by atoms with van der Waals surface area (Å²) >= 11 is 0. The number of hydrogen-bond acceptors (Lipinski definition) is 8. The van der Waals surface area contributed by atoms with E-state index in [0.717, 1.165) is 18.2 Å². The van der Waals surface area contributed by atoms with Crippen molar-refractivity contribution in [1.29, 1.82) is 0 Å². The summed E-state index contributed by atoms with van der Waals surface area (Å²) in [5.74, 6) is -1.80. The number of nitrogen functional groups attached to an aromatic ring is 2. The fourth-order valence-corrected chi connectivity index (χ4v) is 3.97. The molecule has 0 fully saturated rings. The Labute approximate surface area is 229 Å². The number of carbonyl (C=O) groups is 2. The van der Waals surface area contributed by atoms with Crippen molar-refractivity contribution in [2.45, 2.75) is 6.18 Å². The van der Waals surface area contributed by atoms with Crippen LogP contribution in [0.4, 0.5) is 24.5 Å². The van der Waals surface area contributed by atoms with Gasteiger partial charge in [-0.2, -0.15) is 13.2 Å². The summed E-state index contributed by atoms with van der Waals surface area (Å²) in [6, 6.07) is 19.6. The van der Waals surface area contributed by atoms with Crippen LogP contribution < -0.4 is 26.4 Å². The van der Waals surface area contributed by atoms with Crippen LogP contribution in [0, 0.1) is 0 Å². The smallest absolute Gasteiger partial charge is 0.416 e. The molecule has 0 radical (unpaired) electrons. The first-order valence-corrected chi connectivity index (χ1v) is 11.9. The number of benzene rings is 4. The zero-order valence-electron chi connectivity index (χ0n) is 20.9. The van der Waals surface area contributed by atoms with Crippen LogP contribution >= 0.6 is 0 Å². The molecule has 0 amide bonds. The molecule has 11 heteroatoms. The number of halogens is 3. The summed E-state index contributed by atoms with van der Waals surface area (Å²) in [6.45, 7) is 0. The Balaban J connectivity index is 1.57. The number of hydrogen-bond donors (Lipinski definition) is 2. The van der Waals surface area contributed by atoms with Gasteiger partial charge in [-0.3, -0.25) is 4.79 Å². The summed E-state index contributed by atoms with van der Waals surface area (Å²) in [4.78, 5) is 38.4. The van der Waals surface area contributed by atoms with Gasteiger partial charge >= 0.3 is 18.1 Å². The Kier molecular flexibility index (Phi) is 6.94. The molecule has 1 heterocycles. The molecule has 5 aromatic rings. The summed E-state index contributed by atoms with van der Waals surface area (Å²) in [6.07, 6.45) is -4.65. The quantitative estimate of drug-likeness (QED) is 0.150. The van der Waals surface area contributed by atoms with Gasteiger partial charge in [0.25, 0.3) is 0 Å². The maximum Gasteiger partial charge on any atom is 0.416 e. The van der Waals surface area contributed by atoms with E-state index in [-0.39, 0.29) is 44.9 Å². The van der Waals surface area contributed by atoms with Crippen LogP contribution in [0.2, 0.25) is 0 Å². The van der Waals surface area contributed by atoms with Crippen LogP contribution in [-0.2, 0) is 6.18 Å². The molecule has 0 saturated carbocycles. The number of rotatable bonds is 5. The number of fused-ring (bicyclic) bond motifs is 1. The molecule has 0 bridgehead atoms. The lowest BCUT2D eigenvalue weighted by molar-refractivity contribution is -0.137. The average Bonchev–Trinajstić information content (AvgIpc) is 2.92. The van der Waals surface area contributed by atoms with E-state index in [9.17, 15) is 27.6 Å². The Bertz CT molecular complexity index is 1800. The Hall–Kier alpha value is -5.58. The standard InChI is InChI=1S/C30H19F3N2O6/c31-30(32,33)19-7-8-26-24(13-19)25(36)15-27(41-26)18-11-22(39-28(37)16-3-1-5-20(34)9-16)14-23(12-18)40-29(38)17-4-2-6-21(35)10-17/h1-15H,34-35H2. The van der Waals surface area contributed by atoms with Gasteiger partial charge in [0, 0.05) is 29.1 Å². The Morgan fingerprint density at radius 3 is 1.78 bits per heavy atom. The predicted octanol–water partition coefficient (Wildman–Crippen LogP) is 6.08. The topological polar surface area (TPSA) is 135 Å². The zero-order valence-corrected chi connectivity index (χ0v) is 20.9. The van der Waals surface area contributed by atoms with Gasteiger partial charge in [0.1, 0.15) is 22.8 Å². The molecule has 0 aliphatic carbocycles. The number of anilines is 2. The molecular formula is C30H19F3N2O6. The molecule has 8 nitrogen and oxygen atoms in total. The fraction of sp³-hybridized carbons (Fsp3) is 0.0333. The first-order valence-electron chi connectivity index (χ1n) is 11.9. The minimum atomic E-state index is -4.65. The van der Waals surface area contributed by atoms with Gasteiger partial charge < -0.3 is 25.4 Å². The molecule has 1 aromatic heterocycles. The van der Waals surface area contributed by atoms with Gasteiger partial charge in [0.15, 0.2) is 5.43 Å². The fourth-order valence-electron chi connectivity index (χ4n) is 3.97. The van der Waals surface area contributed by atoms with Crippen LogP contribution in [0.3, 0.4) is 0 Å². The second-order valence-corrected chi connectivity index (χ2v) is 8.91. The van der Waals surface area contributed by atoms with Crippen molar-refractivity contribution < 1.29 is 36.7 Å². The molecule has 4 N–H and O–H groups in total. The molecule has 5 rings (SSSR count). The van der Waals surface area contributed by atoms with E-state index in [2.05, 4.69) is 0 Å². The van der Waals surface area contributed by atoms with Crippen molar-refractivity contribution in [2.24, 2.45) is 0 Å². The molecule has 0 aliphatic rings.